The molecule has 0 aliphatic rings. The lowest BCUT2D eigenvalue weighted by molar-refractivity contribution is -0.167. The third-order valence-corrected chi connectivity index (χ3v) is 9.75. The first-order chi connectivity index (χ1) is 27.5. The molecule has 0 saturated carbocycles. The summed E-state index contributed by atoms with van der Waals surface area (Å²) < 4.78 is 16.7. The van der Waals surface area contributed by atoms with E-state index in [1.165, 1.54) is 77.0 Å². The van der Waals surface area contributed by atoms with E-state index in [0.717, 1.165) is 103 Å². The van der Waals surface area contributed by atoms with Gasteiger partial charge in [-0.1, -0.05) is 171 Å². The van der Waals surface area contributed by atoms with Gasteiger partial charge in [-0.2, -0.15) is 0 Å². The number of carbonyl (C=O) groups excluding carboxylic acids is 3. The summed E-state index contributed by atoms with van der Waals surface area (Å²) in [6.07, 6.45) is 53.5. The van der Waals surface area contributed by atoms with E-state index in [1.807, 2.05) is 0 Å². The number of hydrogen-bond donors (Lipinski definition) is 0. The minimum absolute atomic E-state index is 0.0913. The van der Waals surface area contributed by atoms with E-state index in [9.17, 15) is 14.4 Å². The summed E-state index contributed by atoms with van der Waals surface area (Å²) in [5.74, 6) is -0.943. The van der Waals surface area contributed by atoms with E-state index in [1.54, 1.807) is 0 Å². The van der Waals surface area contributed by atoms with Gasteiger partial charge in [0.25, 0.3) is 0 Å². The molecule has 0 aliphatic carbocycles. The highest BCUT2D eigenvalue weighted by Gasteiger charge is 2.19. The fraction of sp³-hybridized carbons (Fsp3) is 0.740. The molecule has 1 atom stereocenters. The Kier molecular flexibility index (Phi) is 42.5. The van der Waals surface area contributed by atoms with Crippen molar-refractivity contribution in [3.05, 3.63) is 60.8 Å². The molecule has 0 bridgehead atoms. The summed E-state index contributed by atoms with van der Waals surface area (Å²) in [6, 6.07) is 0. The highest BCUT2D eigenvalue weighted by molar-refractivity contribution is 5.71. The summed E-state index contributed by atoms with van der Waals surface area (Å²) >= 11 is 0. The van der Waals surface area contributed by atoms with Crippen LogP contribution in [0.5, 0.6) is 0 Å². The van der Waals surface area contributed by atoms with Gasteiger partial charge in [0.15, 0.2) is 6.10 Å². The second-order valence-corrected chi connectivity index (χ2v) is 15.3. The Balaban J connectivity index is 4.42. The van der Waals surface area contributed by atoms with Crippen molar-refractivity contribution in [2.24, 2.45) is 0 Å². The molecule has 0 aromatic heterocycles. The highest BCUT2D eigenvalue weighted by Crippen LogP contribution is 2.13. The second kappa shape index (κ2) is 44.8. The van der Waals surface area contributed by atoms with Crippen molar-refractivity contribution in [3.63, 3.8) is 0 Å². The van der Waals surface area contributed by atoms with Crippen molar-refractivity contribution in [1.82, 2.24) is 0 Å². The van der Waals surface area contributed by atoms with Crippen molar-refractivity contribution in [3.8, 4) is 0 Å². The fourth-order valence-electron chi connectivity index (χ4n) is 6.21. The third kappa shape index (κ3) is 42.3. The zero-order chi connectivity index (χ0) is 40.8. The van der Waals surface area contributed by atoms with Crippen molar-refractivity contribution in [2.75, 3.05) is 13.2 Å². The number of hydrogen-bond acceptors (Lipinski definition) is 6. The van der Waals surface area contributed by atoms with Crippen LogP contribution in [0.2, 0.25) is 0 Å². The predicted octanol–water partition coefficient (Wildman–Crippen LogP) is 14.9. The number of esters is 3. The quantitative estimate of drug-likeness (QED) is 0.0202. The predicted molar refractivity (Wildman–Crippen MR) is 238 cm³/mol. The third-order valence-electron chi connectivity index (χ3n) is 9.75. The van der Waals surface area contributed by atoms with Gasteiger partial charge in [-0.3, -0.25) is 14.4 Å². The lowest BCUT2D eigenvalue weighted by Crippen LogP contribution is -2.30. The summed E-state index contributed by atoms with van der Waals surface area (Å²) in [5.41, 5.74) is 0. The molecule has 1 unspecified atom stereocenters. The lowest BCUT2D eigenvalue weighted by atomic mass is 10.1. The van der Waals surface area contributed by atoms with Crippen LogP contribution in [0, 0.1) is 0 Å². The Morgan fingerprint density at radius 2 is 0.768 bits per heavy atom. The summed E-state index contributed by atoms with van der Waals surface area (Å²) in [6.45, 7) is 6.41. The van der Waals surface area contributed by atoms with Crippen LogP contribution in [-0.2, 0) is 28.6 Å². The first-order valence-corrected chi connectivity index (χ1v) is 23.3. The van der Waals surface area contributed by atoms with Crippen molar-refractivity contribution in [2.45, 2.75) is 226 Å². The van der Waals surface area contributed by atoms with Crippen LogP contribution in [0.15, 0.2) is 60.8 Å². The molecule has 6 heteroatoms. The van der Waals surface area contributed by atoms with Crippen LogP contribution in [0.4, 0.5) is 0 Å². The second-order valence-electron chi connectivity index (χ2n) is 15.3. The Hall–Kier alpha value is -2.89. The molecule has 0 rings (SSSR count). The standard InChI is InChI=1S/C50H86O6/c1-4-7-10-13-16-19-22-24-25-26-29-31-34-37-40-43-49(52)55-46-47(45-54-48(51)42-39-36-33-30-27-21-18-15-12-9-6-3)56-50(53)44-41-38-35-32-28-23-20-17-14-11-8-5-2/h8,11,15,17-22,27,47H,4-7,9-10,12-14,16,23-26,28-46H2,1-3H3/b11-8-,18-15-,20-17-,22-19-,27-21-. The van der Waals surface area contributed by atoms with Crippen LogP contribution < -0.4 is 0 Å². The van der Waals surface area contributed by atoms with Gasteiger partial charge in [0.1, 0.15) is 13.2 Å². The molecule has 6 nitrogen and oxygen atoms in total. The largest absolute Gasteiger partial charge is 0.462 e. The molecule has 0 spiro atoms. The zero-order valence-corrected chi connectivity index (χ0v) is 36.6. The van der Waals surface area contributed by atoms with Crippen LogP contribution in [0.3, 0.4) is 0 Å². The maximum atomic E-state index is 12.7. The SMILES string of the molecule is CC/C=C\C/C=C\CCCCCCCC(=O)OC(COC(=O)CCCCC/C=C\C=C/CCCC)COC(=O)CCCCCCCCC/C=C\CCCCCC. The van der Waals surface area contributed by atoms with Gasteiger partial charge >= 0.3 is 17.9 Å². The average Bonchev–Trinajstić information content (AvgIpc) is 3.19. The zero-order valence-electron chi connectivity index (χ0n) is 36.6. The van der Waals surface area contributed by atoms with E-state index < -0.39 is 6.10 Å². The topological polar surface area (TPSA) is 78.9 Å². The van der Waals surface area contributed by atoms with Gasteiger partial charge in [0.05, 0.1) is 0 Å². The van der Waals surface area contributed by atoms with Gasteiger partial charge < -0.3 is 14.2 Å². The minimum atomic E-state index is -0.791. The van der Waals surface area contributed by atoms with Gasteiger partial charge in [0, 0.05) is 19.3 Å². The highest BCUT2D eigenvalue weighted by atomic mass is 16.6. The Morgan fingerprint density at radius 3 is 1.27 bits per heavy atom. The van der Waals surface area contributed by atoms with Gasteiger partial charge in [0.2, 0.25) is 0 Å². The number of rotatable bonds is 41. The normalized spacial score (nSPS) is 12.6. The number of allylic oxidation sites excluding steroid dienone is 10. The minimum Gasteiger partial charge on any atom is -0.462 e. The Labute approximate surface area is 345 Å². The number of ether oxygens (including phenoxy) is 3. The molecular weight excluding hydrogens is 697 g/mol. The first kappa shape index (κ1) is 53.1. The maximum absolute atomic E-state index is 12.7. The molecule has 0 heterocycles. The smallest absolute Gasteiger partial charge is 0.306 e. The molecule has 0 N–H and O–H groups in total. The molecule has 0 fully saturated rings. The monoisotopic (exact) mass is 783 g/mol. The number of unbranched alkanes of at least 4 members (excludes halogenated alkanes) is 21. The molecule has 0 aliphatic heterocycles. The van der Waals surface area contributed by atoms with E-state index in [0.29, 0.717) is 19.3 Å². The van der Waals surface area contributed by atoms with Crippen molar-refractivity contribution >= 4 is 17.9 Å². The summed E-state index contributed by atoms with van der Waals surface area (Å²) in [5, 5.41) is 0. The van der Waals surface area contributed by atoms with Crippen LogP contribution in [0.25, 0.3) is 0 Å². The van der Waals surface area contributed by atoms with Crippen LogP contribution >= 0.6 is 0 Å². The number of carbonyl (C=O) groups is 3. The van der Waals surface area contributed by atoms with Gasteiger partial charge in [-0.15, -0.1) is 0 Å². The van der Waals surface area contributed by atoms with Crippen LogP contribution in [-0.4, -0.2) is 37.2 Å². The van der Waals surface area contributed by atoms with Gasteiger partial charge in [-0.05, 0) is 89.9 Å². The van der Waals surface area contributed by atoms with E-state index >= 15 is 0 Å². The van der Waals surface area contributed by atoms with Crippen LogP contribution in [0.1, 0.15) is 220 Å². The van der Waals surface area contributed by atoms with E-state index in [2.05, 4.69) is 81.5 Å². The molecule has 0 saturated heterocycles. The molecule has 0 aromatic rings. The summed E-state index contributed by atoms with van der Waals surface area (Å²) in [7, 11) is 0. The van der Waals surface area contributed by atoms with E-state index in [-0.39, 0.29) is 31.1 Å². The van der Waals surface area contributed by atoms with Gasteiger partial charge in [-0.25, -0.2) is 0 Å². The lowest BCUT2D eigenvalue weighted by Gasteiger charge is -2.18. The maximum Gasteiger partial charge on any atom is 0.306 e. The molecule has 0 radical (unpaired) electrons. The van der Waals surface area contributed by atoms with Crippen molar-refractivity contribution < 1.29 is 28.6 Å². The Morgan fingerprint density at radius 1 is 0.393 bits per heavy atom. The molecule has 56 heavy (non-hydrogen) atoms. The molecule has 0 aromatic carbocycles. The average molecular weight is 783 g/mol. The molecule has 322 valence electrons. The molecule has 0 amide bonds. The van der Waals surface area contributed by atoms with Crippen molar-refractivity contribution in [1.29, 1.82) is 0 Å². The molecular formula is C50H86O6. The fourth-order valence-corrected chi connectivity index (χ4v) is 6.21. The first-order valence-electron chi connectivity index (χ1n) is 23.3. The van der Waals surface area contributed by atoms with E-state index in [4.69, 9.17) is 14.2 Å². The Bertz CT molecular complexity index is 1040. The summed E-state index contributed by atoms with van der Waals surface area (Å²) in [4.78, 5) is 37.7.